The van der Waals surface area contributed by atoms with E-state index in [4.69, 9.17) is 12.2 Å². The minimum atomic E-state index is -0.494. The van der Waals surface area contributed by atoms with Crippen molar-refractivity contribution in [2.45, 2.75) is 0 Å². The maximum atomic E-state index is 12.2. The Kier molecular flexibility index (Phi) is 4.86. The first kappa shape index (κ1) is 16.4. The molecule has 0 aliphatic rings. The average molecular weight is 334 g/mol. The summed E-state index contributed by atoms with van der Waals surface area (Å²) in [6.45, 7) is 0. The molecule has 0 aliphatic carbocycles. The number of nitrogens with zero attached hydrogens (tertiary/aromatic N) is 3. The van der Waals surface area contributed by atoms with Gasteiger partial charge in [0.05, 0.1) is 22.4 Å². The minimum absolute atomic E-state index is 0.0652. The molecule has 0 atom stereocenters. The number of aryl methyl sites for hydroxylation is 1. The Bertz CT molecular complexity index is 773. The number of carbonyl (C=O) groups excluding carboxylic acids is 1. The van der Waals surface area contributed by atoms with Crippen LogP contribution in [0.4, 0.5) is 5.69 Å². The Morgan fingerprint density at radius 1 is 1.39 bits per heavy atom. The molecule has 9 nitrogen and oxygen atoms in total. The molecule has 1 aromatic carbocycles. The second kappa shape index (κ2) is 6.83. The van der Waals surface area contributed by atoms with Crippen molar-refractivity contribution in [3.63, 3.8) is 0 Å². The maximum absolute atomic E-state index is 12.2. The zero-order valence-electron chi connectivity index (χ0n) is 12.4. The van der Waals surface area contributed by atoms with Gasteiger partial charge in [0, 0.05) is 31.8 Å². The molecule has 10 heteroatoms. The monoisotopic (exact) mass is 334 g/mol. The van der Waals surface area contributed by atoms with E-state index in [2.05, 4.69) is 21.3 Å². The topological polar surface area (TPSA) is 114 Å². The van der Waals surface area contributed by atoms with Crippen molar-refractivity contribution in [2.75, 3.05) is 7.05 Å². The highest BCUT2D eigenvalue weighted by Gasteiger charge is 2.19. The second-order valence-corrected chi connectivity index (χ2v) is 4.90. The van der Waals surface area contributed by atoms with Gasteiger partial charge in [0.2, 0.25) is 0 Å². The first-order valence-corrected chi connectivity index (χ1v) is 6.89. The second-order valence-electron chi connectivity index (χ2n) is 4.50. The SMILES string of the molecule is CNC(=S)NNC(=O)c1cnn(C)c1-c1cccc([N+](=O)[O-])c1. The van der Waals surface area contributed by atoms with Crippen LogP contribution in [0.25, 0.3) is 11.3 Å². The van der Waals surface area contributed by atoms with Crippen molar-refractivity contribution in [1.82, 2.24) is 25.9 Å². The number of rotatable bonds is 3. The van der Waals surface area contributed by atoms with Crippen LogP contribution in [-0.2, 0) is 7.05 Å². The molecule has 0 saturated carbocycles. The quantitative estimate of drug-likeness (QED) is 0.431. The maximum Gasteiger partial charge on any atom is 0.273 e. The van der Waals surface area contributed by atoms with Crippen molar-refractivity contribution in [1.29, 1.82) is 0 Å². The van der Waals surface area contributed by atoms with Crippen LogP contribution in [0.5, 0.6) is 0 Å². The molecule has 23 heavy (non-hydrogen) atoms. The molecule has 2 aromatic rings. The van der Waals surface area contributed by atoms with Crippen LogP contribution in [0.15, 0.2) is 30.5 Å². The van der Waals surface area contributed by atoms with Gasteiger partial charge in [-0.15, -0.1) is 0 Å². The number of aromatic nitrogens is 2. The fraction of sp³-hybridized carbons (Fsp3) is 0.154. The van der Waals surface area contributed by atoms with Crippen LogP contribution in [0, 0.1) is 10.1 Å². The molecule has 0 unspecified atom stereocenters. The Hall–Kier alpha value is -3.01. The van der Waals surface area contributed by atoms with E-state index in [1.807, 2.05) is 0 Å². The van der Waals surface area contributed by atoms with Crippen molar-refractivity contribution >= 4 is 28.9 Å². The molecular weight excluding hydrogens is 320 g/mol. The molecule has 120 valence electrons. The summed E-state index contributed by atoms with van der Waals surface area (Å²) >= 11 is 4.87. The lowest BCUT2D eigenvalue weighted by Crippen LogP contribution is -2.45. The van der Waals surface area contributed by atoms with E-state index in [9.17, 15) is 14.9 Å². The van der Waals surface area contributed by atoms with Crippen LogP contribution < -0.4 is 16.2 Å². The standard InChI is InChI=1S/C13H14N6O3S/c1-14-13(23)17-16-12(20)10-7-15-18(2)11(10)8-4-3-5-9(6-8)19(21)22/h3-7H,1-2H3,(H,16,20)(H2,14,17,23). The molecule has 0 aliphatic heterocycles. The van der Waals surface area contributed by atoms with Crippen molar-refractivity contribution in [3.8, 4) is 11.3 Å². The number of nitro groups is 1. The third-order valence-corrected chi connectivity index (χ3v) is 3.34. The Morgan fingerprint density at radius 3 is 2.78 bits per heavy atom. The molecule has 1 amide bonds. The fourth-order valence-electron chi connectivity index (χ4n) is 1.96. The number of benzene rings is 1. The molecule has 1 aromatic heterocycles. The number of hydrazine groups is 1. The highest BCUT2D eigenvalue weighted by atomic mass is 32.1. The van der Waals surface area contributed by atoms with Crippen LogP contribution in [0.1, 0.15) is 10.4 Å². The molecule has 0 spiro atoms. The van der Waals surface area contributed by atoms with Crippen LogP contribution in [0.3, 0.4) is 0 Å². The summed E-state index contributed by atoms with van der Waals surface area (Å²) in [5.74, 6) is -0.461. The number of nitro benzene ring substituents is 1. The third kappa shape index (κ3) is 3.61. The summed E-state index contributed by atoms with van der Waals surface area (Å²) in [5, 5.41) is 17.9. The van der Waals surface area contributed by atoms with E-state index < -0.39 is 10.8 Å². The summed E-state index contributed by atoms with van der Waals surface area (Å²) in [7, 11) is 3.26. The summed E-state index contributed by atoms with van der Waals surface area (Å²) in [5.41, 5.74) is 6.13. The van der Waals surface area contributed by atoms with Gasteiger partial charge in [-0.3, -0.25) is 30.4 Å². The normalized spacial score (nSPS) is 10.0. The number of nitrogens with one attached hydrogen (secondary N) is 3. The van der Waals surface area contributed by atoms with Gasteiger partial charge >= 0.3 is 0 Å². The van der Waals surface area contributed by atoms with Crippen LogP contribution in [0.2, 0.25) is 0 Å². The zero-order valence-corrected chi connectivity index (χ0v) is 13.2. The number of amides is 1. The van der Waals surface area contributed by atoms with Crippen molar-refractivity contribution in [3.05, 3.63) is 46.1 Å². The number of non-ortho nitro benzene ring substituents is 1. The fourth-order valence-corrected chi connectivity index (χ4v) is 2.01. The van der Waals surface area contributed by atoms with Gasteiger partial charge in [-0.2, -0.15) is 5.10 Å². The molecule has 1 heterocycles. The van der Waals surface area contributed by atoms with Crippen LogP contribution >= 0.6 is 12.2 Å². The largest absolute Gasteiger partial charge is 0.364 e. The summed E-state index contributed by atoms with van der Waals surface area (Å²) in [6.07, 6.45) is 1.38. The highest BCUT2D eigenvalue weighted by molar-refractivity contribution is 7.80. The Balaban J connectivity index is 2.35. The highest BCUT2D eigenvalue weighted by Crippen LogP contribution is 2.26. The minimum Gasteiger partial charge on any atom is -0.364 e. The summed E-state index contributed by atoms with van der Waals surface area (Å²) in [4.78, 5) is 22.7. The molecule has 0 radical (unpaired) electrons. The smallest absolute Gasteiger partial charge is 0.273 e. The number of thiocarbonyl (C=S) groups is 1. The van der Waals surface area contributed by atoms with Gasteiger partial charge in [-0.25, -0.2) is 0 Å². The summed E-state index contributed by atoms with van der Waals surface area (Å²) < 4.78 is 1.48. The lowest BCUT2D eigenvalue weighted by molar-refractivity contribution is -0.384. The lowest BCUT2D eigenvalue weighted by atomic mass is 10.1. The summed E-state index contributed by atoms with van der Waals surface area (Å²) in [6, 6.07) is 6.00. The van der Waals surface area contributed by atoms with Gasteiger partial charge in [-0.05, 0) is 12.2 Å². The number of hydrogen-bond donors (Lipinski definition) is 3. The average Bonchev–Trinajstić information content (AvgIpc) is 2.94. The molecule has 3 N–H and O–H groups in total. The van der Waals surface area contributed by atoms with Gasteiger partial charge < -0.3 is 5.32 Å². The predicted molar refractivity (Wildman–Crippen MR) is 87.6 cm³/mol. The van der Waals surface area contributed by atoms with Gasteiger partial charge in [0.25, 0.3) is 11.6 Å². The van der Waals surface area contributed by atoms with Crippen LogP contribution in [-0.4, -0.2) is 32.8 Å². The van der Waals surface area contributed by atoms with E-state index in [1.54, 1.807) is 26.2 Å². The van der Waals surface area contributed by atoms with Crippen molar-refractivity contribution in [2.24, 2.45) is 7.05 Å². The number of carbonyl (C=O) groups is 1. The van der Waals surface area contributed by atoms with Crippen molar-refractivity contribution < 1.29 is 9.72 Å². The zero-order chi connectivity index (χ0) is 17.0. The first-order chi connectivity index (χ1) is 10.9. The van der Waals surface area contributed by atoms with Gasteiger partial charge in [0.15, 0.2) is 5.11 Å². The third-order valence-electron chi connectivity index (χ3n) is 3.03. The Morgan fingerprint density at radius 2 is 2.13 bits per heavy atom. The number of hydrogen-bond acceptors (Lipinski definition) is 5. The van der Waals surface area contributed by atoms with E-state index in [0.717, 1.165) is 0 Å². The first-order valence-electron chi connectivity index (χ1n) is 6.49. The van der Waals surface area contributed by atoms with Gasteiger partial charge in [-0.1, -0.05) is 12.1 Å². The predicted octanol–water partition coefficient (Wildman–Crippen LogP) is 0.734. The molecule has 2 rings (SSSR count). The van der Waals surface area contributed by atoms with E-state index in [0.29, 0.717) is 11.3 Å². The molecule has 0 bridgehead atoms. The Labute approximate surface area is 136 Å². The van der Waals surface area contributed by atoms with E-state index in [1.165, 1.54) is 23.0 Å². The van der Waals surface area contributed by atoms with Gasteiger partial charge in [0.1, 0.15) is 0 Å². The molecular formula is C13H14N6O3S. The molecule has 0 saturated heterocycles. The van der Waals surface area contributed by atoms with E-state index >= 15 is 0 Å². The molecule has 0 fully saturated rings. The van der Waals surface area contributed by atoms with E-state index in [-0.39, 0.29) is 16.4 Å². The lowest BCUT2D eigenvalue weighted by Gasteiger charge is -2.10.